The fraction of sp³-hybridized carbons (Fsp3) is 0.714. The molecule has 0 radical (unpaired) electrons. The van der Waals surface area contributed by atoms with Crippen molar-refractivity contribution in [2.45, 2.75) is 64.2 Å². The molecule has 4 rings (SSSR count). The molecule has 0 amide bonds. The summed E-state index contributed by atoms with van der Waals surface area (Å²) >= 11 is 0. The molecule has 114 valence electrons. The molecule has 3 fully saturated rings. The second-order valence-electron chi connectivity index (χ2n) is 8.26. The summed E-state index contributed by atoms with van der Waals surface area (Å²) in [6, 6.07) is 11.3. The highest BCUT2D eigenvalue weighted by molar-refractivity contribution is 5.20. The lowest BCUT2D eigenvalue weighted by molar-refractivity contribution is 0.00923. The Morgan fingerprint density at radius 3 is 2.14 bits per heavy atom. The highest BCUT2D eigenvalue weighted by Gasteiger charge is 2.43. The molecule has 6 atom stereocenters. The molecule has 6 unspecified atom stereocenters. The topological polar surface area (TPSA) is 0 Å². The van der Waals surface area contributed by atoms with Gasteiger partial charge in [0.15, 0.2) is 0 Å². The zero-order valence-corrected chi connectivity index (χ0v) is 13.5. The molecule has 0 spiro atoms. The molecule has 0 N–H and O–H groups in total. The Hall–Kier alpha value is -0.780. The van der Waals surface area contributed by atoms with Gasteiger partial charge in [0, 0.05) is 0 Å². The second kappa shape index (κ2) is 5.78. The summed E-state index contributed by atoms with van der Waals surface area (Å²) in [5.41, 5.74) is 1.61. The average molecular weight is 282 g/mol. The third-order valence-corrected chi connectivity index (χ3v) is 7.07. The molecule has 1 aromatic carbocycles. The molecule has 3 aliphatic carbocycles. The fourth-order valence-electron chi connectivity index (χ4n) is 6.06. The number of rotatable bonds is 1. The van der Waals surface area contributed by atoms with Crippen LogP contribution in [0.5, 0.6) is 0 Å². The Bertz CT molecular complexity index is 462. The Morgan fingerprint density at radius 2 is 1.38 bits per heavy atom. The molecule has 1 aromatic rings. The van der Waals surface area contributed by atoms with E-state index < -0.39 is 0 Å². The lowest BCUT2D eigenvalue weighted by Crippen LogP contribution is -2.40. The van der Waals surface area contributed by atoms with Gasteiger partial charge < -0.3 is 0 Å². The number of benzene rings is 1. The van der Waals surface area contributed by atoms with E-state index in [-0.39, 0.29) is 0 Å². The lowest BCUT2D eigenvalue weighted by atomic mass is 9.55. The molecule has 21 heavy (non-hydrogen) atoms. The summed E-state index contributed by atoms with van der Waals surface area (Å²) in [4.78, 5) is 0. The number of hydrogen-bond acceptors (Lipinski definition) is 0. The van der Waals surface area contributed by atoms with Gasteiger partial charge in [-0.2, -0.15) is 0 Å². The first kappa shape index (κ1) is 13.9. The summed E-state index contributed by atoms with van der Waals surface area (Å²) in [6.07, 6.45) is 12.1. The van der Waals surface area contributed by atoms with Gasteiger partial charge in [0.2, 0.25) is 0 Å². The number of fused-ring (bicyclic) bond motifs is 3. The van der Waals surface area contributed by atoms with Crippen LogP contribution in [0.1, 0.15) is 69.8 Å². The molecule has 0 heterocycles. The van der Waals surface area contributed by atoms with E-state index in [9.17, 15) is 0 Å². The predicted molar refractivity (Wildman–Crippen MR) is 89.2 cm³/mol. The van der Waals surface area contributed by atoms with E-state index in [1.807, 2.05) is 0 Å². The van der Waals surface area contributed by atoms with Crippen LogP contribution >= 0.6 is 0 Å². The Labute approximate surface area is 130 Å². The summed E-state index contributed by atoms with van der Waals surface area (Å²) in [5, 5.41) is 0. The fourth-order valence-corrected chi connectivity index (χ4v) is 6.06. The molecule has 0 saturated heterocycles. The third kappa shape index (κ3) is 2.67. The molecule has 0 bridgehead atoms. The Kier molecular flexibility index (Phi) is 3.81. The van der Waals surface area contributed by atoms with Crippen LogP contribution in [0.4, 0.5) is 0 Å². The van der Waals surface area contributed by atoms with Crippen LogP contribution in [0, 0.1) is 29.6 Å². The van der Waals surface area contributed by atoms with E-state index in [0.29, 0.717) is 0 Å². The van der Waals surface area contributed by atoms with Gasteiger partial charge in [0.1, 0.15) is 0 Å². The van der Waals surface area contributed by atoms with Gasteiger partial charge in [-0.05, 0) is 86.0 Å². The maximum absolute atomic E-state index is 2.48. The van der Waals surface area contributed by atoms with E-state index in [2.05, 4.69) is 37.3 Å². The van der Waals surface area contributed by atoms with Crippen LogP contribution in [-0.4, -0.2) is 0 Å². The van der Waals surface area contributed by atoms with E-state index in [1.54, 1.807) is 12.0 Å². The smallest absolute Gasteiger partial charge is 0.0159 e. The normalized spacial score (nSPS) is 42.9. The molecular formula is C21H30. The van der Waals surface area contributed by atoms with Crippen LogP contribution in [0.15, 0.2) is 30.3 Å². The summed E-state index contributed by atoms with van der Waals surface area (Å²) in [7, 11) is 0. The molecular weight excluding hydrogens is 252 g/mol. The molecule has 0 aromatic heterocycles. The minimum atomic E-state index is 0.853. The third-order valence-electron chi connectivity index (χ3n) is 7.07. The first-order valence-corrected chi connectivity index (χ1v) is 9.36. The van der Waals surface area contributed by atoms with Crippen molar-refractivity contribution in [3.05, 3.63) is 35.9 Å². The summed E-state index contributed by atoms with van der Waals surface area (Å²) in [6.45, 7) is 2.48. The van der Waals surface area contributed by atoms with Crippen LogP contribution in [0.25, 0.3) is 0 Å². The van der Waals surface area contributed by atoms with E-state index >= 15 is 0 Å². The quantitative estimate of drug-likeness (QED) is 0.589. The van der Waals surface area contributed by atoms with Crippen LogP contribution < -0.4 is 0 Å². The highest BCUT2D eigenvalue weighted by atomic mass is 14.5. The second-order valence-corrected chi connectivity index (χ2v) is 8.26. The predicted octanol–water partition coefficient (Wildman–Crippen LogP) is 6.03. The Balaban J connectivity index is 1.46. The minimum absolute atomic E-state index is 0.853. The highest BCUT2D eigenvalue weighted by Crippen LogP contribution is 2.54. The molecule has 0 nitrogen and oxygen atoms in total. The van der Waals surface area contributed by atoms with Crippen molar-refractivity contribution in [3.8, 4) is 0 Å². The molecule has 0 heteroatoms. The van der Waals surface area contributed by atoms with Gasteiger partial charge in [-0.25, -0.2) is 0 Å². The molecule has 0 aliphatic heterocycles. The van der Waals surface area contributed by atoms with Crippen molar-refractivity contribution < 1.29 is 0 Å². The van der Waals surface area contributed by atoms with Crippen molar-refractivity contribution in [1.82, 2.24) is 0 Å². The van der Waals surface area contributed by atoms with E-state index in [1.165, 1.54) is 44.9 Å². The Morgan fingerprint density at radius 1 is 0.714 bits per heavy atom. The van der Waals surface area contributed by atoms with Crippen molar-refractivity contribution in [3.63, 3.8) is 0 Å². The van der Waals surface area contributed by atoms with Gasteiger partial charge in [-0.15, -0.1) is 0 Å². The first-order valence-electron chi connectivity index (χ1n) is 9.36. The van der Waals surface area contributed by atoms with Crippen molar-refractivity contribution in [1.29, 1.82) is 0 Å². The molecule has 3 aliphatic rings. The van der Waals surface area contributed by atoms with Crippen LogP contribution in [-0.2, 0) is 0 Å². The molecule has 3 saturated carbocycles. The van der Waals surface area contributed by atoms with Crippen LogP contribution in [0.2, 0.25) is 0 Å². The number of hydrogen-bond donors (Lipinski definition) is 0. The van der Waals surface area contributed by atoms with Gasteiger partial charge in [0.05, 0.1) is 0 Å². The van der Waals surface area contributed by atoms with Gasteiger partial charge >= 0.3 is 0 Å². The van der Waals surface area contributed by atoms with Crippen LogP contribution in [0.3, 0.4) is 0 Å². The summed E-state index contributed by atoms with van der Waals surface area (Å²) < 4.78 is 0. The summed E-state index contributed by atoms with van der Waals surface area (Å²) in [5.74, 6) is 6.16. The lowest BCUT2D eigenvalue weighted by Gasteiger charge is -2.50. The van der Waals surface area contributed by atoms with Gasteiger partial charge in [0.25, 0.3) is 0 Å². The largest absolute Gasteiger partial charge is 0.0625 e. The maximum Gasteiger partial charge on any atom is -0.0159 e. The van der Waals surface area contributed by atoms with E-state index in [4.69, 9.17) is 0 Å². The zero-order valence-electron chi connectivity index (χ0n) is 13.5. The zero-order chi connectivity index (χ0) is 14.2. The standard InChI is InChI=1S/C21H30/c1-15-7-11-20-18(13-15)8-9-19-14-17(10-12-21(19)20)16-5-3-2-4-6-16/h2-6,15,17-21H,7-14H2,1H3. The van der Waals surface area contributed by atoms with Gasteiger partial charge in [-0.3, -0.25) is 0 Å². The SMILES string of the molecule is CC1CCC2C(CCC3CC(c4ccccc4)CCC32)C1. The monoisotopic (exact) mass is 282 g/mol. The maximum atomic E-state index is 2.48. The average Bonchev–Trinajstić information content (AvgIpc) is 2.54. The first-order chi connectivity index (χ1) is 10.3. The van der Waals surface area contributed by atoms with Gasteiger partial charge in [-0.1, -0.05) is 43.7 Å². The van der Waals surface area contributed by atoms with E-state index in [0.717, 1.165) is 35.5 Å². The van der Waals surface area contributed by atoms with Crippen molar-refractivity contribution in [2.75, 3.05) is 0 Å². The minimum Gasteiger partial charge on any atom is -0.0625 e. The van der Waals surface area contributed by atoms with Crippen molar-refractivity contribution >= 4 is 0 Å². The van der Waals surface area contributed by atoms with Crippen molar-refractivity contribution in [2.24, 2.45) is 29.6 Å².